The van der Waals surface area contributed by atoms with Gasteiger partial charge in [0.15, 0.2) is 0 Å². The number of hydrogen-bond acceptors (Lipinski definition) is 2. The smallest absolute Gasteiger partial charge is 0.120 e. The van der Waals surface area contributed by atoms with E-state index in [1.165, 1.54) is 0 Å². The first-order valence-electron chi connectivity index (χ1n) is 6.93. The van der Waals surface area contributed by atoms with Crippen LogP contribution in [0.1, 0.15) is 26.7 Å². The summed E-state index contributed by atoms with van der Waals surface area (Å²) in [5.41, 5.74) is 0.987. The predicted octanol–water partition coefficient (Wildman–Crippen LogP) is 4.66. The molecule has 0 aromatic heterocycles. The number of ether oxygens (including phenoxy) is 1. The molecule has 0 aliphatic rings. The van der Waals surface area contributed by atoms with E-state index in [1.54, 1.807) is 6.08 Å². The van der Waals surface area contributed by atoms with Crippen LogP contribution in [0, 0.1) is 0 Å². The highest BCUT2D eigenvalue weighted by Crippen LogP contribution is 2.10. The molecule has 0 rings (SSSR count). The Kier molecular flexibility index (Phi) is 10.9. The van der Waals surface area contributed by atoms with Crippen LogP contribution in [-0.2, 0) is 4.74 Å². The lowest BCUT2D eigenvalue weighted by Gasteiger charge is -2.14. The quantitative estimate of drug-likeness (QED) is 0.336. The Morgan fingerprint density at radius 3 is 2.55 bits per heavy atom. The molecule has 1 atom stereocenters. The summed E-state index contributed by atoms with van der Waals surface area (Å²) in [6.45, 7) is 16.2. The molecule has 0 aliphatic heterocycles. The molecule has 0 saturated carbocycles. The highest BCUT2D eigenvalue weighted by molar-refractivity contribution is 5.15. The number of nitrogens with one attached hydrogen (secondary N) is 1. The van der Waals surface area contributed by atoms with Gasteiger partial charge in [-0.1, -0.05) is 43.5 Å². The molecular formula is C18H27NO. The van der Waals surface area contributed by atoms with Gasteiger partial charge in [-0.15, -0.1) is 6.58 Å². The maximum Gasteiger partial charge on any atom is 0.120 e. The van der Waals surface area contributed by atoms with Crippen LogP contribution >= 0.6 is 0 Å². The first kappa shape index (κ1) is 18.0. The van der Waals surface area contributed by atoms with E-state index in [-0.39, 0.29) is 6.10 Å². The van der Waals surface area contributed by atoms with E-state index in [4.69, 9.17) is 4.74 Å². The Balaban J connectivity index is 4.22. The molecule has 20 heavy (non-hydrogen) atoms. The van der Waals surface area contributed by atoms with Crippen molar-refractivity contribution < 1.29 is 4.74 Å². The van der Waals surface area contributed by atoms with Gasteiger partial charge in [-0.25, -0.2) is 0 Å². The van der Waals surface area contributed by atoms with Crippen molar-refractivity contribution in [1.82, 2.24) is 5.32 Å². The normalized spacial score (nSPS) is 13.4. The van der Waals surface area contributed by atoms with Crippen LogP contribution in [0.3, 0.4) is 0 Å². The molecule has 0 aliphatic carbocycles. The number of rotatable bonds is 11. The van der Waals surface area contributed by atoms with Crippen LogP contribution in [0.5, 0.6) is 0 Å². The third-order valence-corrected chi connectivity index (χ3v) is 2.59. The van der Waals surface area contributed by atoms with Crippen LogP contribution in [0.25, 0.3) is 0 Å². The van der Waals surface area contributed by atoms with Crippen molar-refractivity contribution in [1.29, 1.82) is 0 Å². The van der Waals surface area contributed by atoms with Gasteiger partial charge in [-0.05, 0) is 26.0 Å². The molecule has 0 spiro atoms. The molecule has 2 nitrogen and oxygen atoms in total. The van der Waals surface area contributed by atoms with Gasteiger partial charge in [0.25, 0.3) is 0 Å². The Morgan fingerprint density at radius 2 is 2.00 bits per heavy atom. The molecule has 0 bridgehead atoms. The van der Waals surface area contributed by atoms with E-state index < -0.39 is 0 Å². The monoisotopic (exact) mass is 273 g/mol. The Labute approximate surface area is 123 Å². The molecule has 2 heteroatoms. The highest BCUT2D eigenvalue weighted by atomic mass is 16.5. The van der Waals surface area contributed by atoms with Crippen molar-refractivity contribution >= 4 is 0 Å². The molecule has 0 fully saturated rings. The topological polar surface area (TPSA) is 21.3 Å². The Bertz CT molecular complexity index is 388. The second kappa shape index (κ2) is 12.1. The van der Waals surface area contributed by atoms with Crippen molar-refractivity contribution in [2.75, 3.05) is 6.54 Å². The fourth-order valence-corrected chi connectivity index (χ4v) is 1.45. The third-order valence-electron chi connectivity index (χ3n) is 2.59. The molecule has 0 aromatic carbocycles. The molecule has 1 N–H and O–H groups in total. The van der Waals surface area contributed by atoms with Crippen LogP contribution in [0.2, 0.25) is 0 Å². The summed E-state index contributed by atoms with van der Waals surface area (Å²) in [7, 11) is 0. The molecule has 110 valence electrons. The second-order valence-electron chi connectivity index (χ2n) is 4.27. The van der Waals surface area contributed by atoms with E-state index in [9.17, 15) is 0 Å². The highest BCUT2D eigenvalue weighted by Gasteiger charge is 2.03. The van der Waals surface area contributed by atoms with Crippen molar-refractivity contribution in [2.24, 2.45) is 0 Å². The molecule has 0 saturated heterocycles. The van der Waals surface area contributed by atoms with Crippen LogP contribution in [0.15, 0.2) is 73.7 Å². The summed E-state index contributed by atoms with van der Waals surface area (Å²) in [5.74, 6) is 0.831. The summed E-state index contributed by atoms with van der Waals surface area (Å²) in [4.78, 5) is 0. The first-order valence-corrected chi connectivity index (χ1v) is 6.93. The van der Waals surface area contributed by atoms with Gasteiger partial charge in [0.05, 0.1) is 0 Å². The van der Waals surface area contributed by atoms with Gasteiger partial charge >= 0.3 is 0 Å². The molecule has 0 radical (unpaired) electrons. The maximum atomic E-state index is 5.79. The van der Waals surface area contributed by atoms with E-state index in [0.29, 0.717) is 0 Å². The summed E-state index contributed by atoms with van der Waals surface area (Å²) < 4.78 is 5.79. The van der Waals surface area contributed by atoms with E-state index >= 15 is 0 Å². The molecule has 0 heterocycles. The van der Waals surface area contributed by atoms with Gasteiger partial charge < -0.3 is 10.1 Å². The van der Waals surface area contributed by atoms with Crippen molar-refractivity contribution in [3.8, 4) is 0 Å². The van der Waals surface area contributed by atoms with E-state index in [1.807, 2.05) is 44.2 Å². The minimum atomic E-state index is -0.0284. The Hall–Kier alpha value is -1.96. The predicted molar refractivity (Wildman–Crippen MR) is 89.4 cm³/mol. The SMILES string of the molecule is C=CCC(C=C)OC(/C=C\CC(=C)NC/C=C\C)=C/C. The lowest BCUT2D eigenvalue weighted by Crippen LogP contribution is -2.11. The Morgan fingerprint density at radius 1 is 1.25 bits per heavy atom. The number of allylic oxidation sites excluding steroid dienone is 4. The van der Waals surface area contributed by atoms with Gasteiger partial charge in [-0.2, -0.15) is 0 Å². The largest absolute Gasteiger partial charge is 0.486 e. The standard InChI is InChI=1S/C18H27NO/c1-6-10-15-19-16(5)13-11-14-18(9-4)20-17(8-3)12-7-2/h6-11,14,17,19H,2-3,5,12-13,15H2,1,4H3/b10-6-,14-11-,18-9+. The lowest BCUT2D eigenvalue weighted by molar-refractivity contribution is 0.167. The minimum absolute atomic E-state index is 0.0284. The fourth-order valence-electron chi connectivity index (χ4n) is 1.45. The maximum absolute atomic E-state index is 5.79. The summed E-state index contributed by atoms with van der Waals surface area (Å²) in [5, 5.41) is 3.23. The number of hydrogen-bond donors (Lipinski definition) is 1. The van der Waals surface area contributed by atoms with E-state index in [0.717, 1.165) is 30.8 Å². The van der Waals surface area contributed by atoms with Crippen LogP contribution in [0.4, 0.5) is 0 Å². The zero-order valence-corrected chi connectivity index (χ0v) is 12.8. The third kappa shape index (κ3) is 9.03. The summed E-state index contributed by atoms with van der Waals surface area (Å²) >= 11 is 0. The molecule has 0 amide bonds. The zero-order chi connectivity index (χ0) is 15.2. The lowest BCUT2D eigenvalue weighted by atomic mass is 10.2. The van der Waals surface area contributed by atoms with Crippen LogP contribution < -0.4 is 5.32 Å². The molecule has 1 unspecified atom stereocenters. The average molecular weight is 273 g/mol. The van der Waals surface area contributed by atoms with E-state index in [2.05, 4.69) is 31.1 Å². The fraction of sp³-hybridized carbons (Fsp3) is 0.333. The molecule has 0 aromatic rings. The van der Waals surface area contributed by atoms with Crippen molar-refractivity contribution in [3.63, 3.8) is 0 Å². The second-order valence-corrected chi connectivity index (χ2v) is 4.27. The van der Waals surface area contributed by atoms with Crippen molar-refractivity contribution in [2.45, 2.75) is 32.8 Å². The average Bonchev–Trinajstić information content (AvgIpc) is 2.45. The van der Waals surface area contributed by atoms with Crippen LogP contribution in [-0.4, -0.2) is 12.6 Å². The van der Waals surface area contributed by atoms with Gasteiger partial charge in [-0.3, -0.25) is 0 Å². The summed E-state index contributed by atoms with van der Waals surface area (Å²) in [6, 6.07) is 0. The van der Waals surface area contributed by atoms with Crippen molar-refractivity contribution in [3.05, 3.63) is 73.7 Å². The minimum Gasteiger partial charge on any atom is -0.486 e. The summed E-state index contributed by atoms with van der Waals surface area (Å²) in [6.07, 6.45) is 15.1. The zero-order valence-electron chi connectivity index (χ0n) is 12.8. The first-order chi connectivity index (χ1) is 9.67. The van der Waals surface area contributed by atoms with Gasteiger partial charge in [0, 0.05) is 25.1 Å². The molecular weight excluding hydrogens is 246 g/mol. The van der Waals surface area contributed by atoms with Gasteiger partial charge in [0.1, 0.15) is 11.9 Å². The van der Waals surface area contributed by atoms with Gasteiger partial charge in [0.2, 0.25) is 0 Å².